The topological polar surface area (TPSA) is 55.5 Å². The first-order valence-corrected chi connectivity index (χ1v) is 6.30. The van der Waals surface area contributed by atoms with Gasteiger partial charge < -0.3 is 15.6 Å². The fraction of sp³-hybridized carbons (Fsp3) is 0.538. The number of phenols is 1. The van der Waals surface area contributed by atoms with Crippen molar-refractivity contribution in [2.45, 2.75) is 37.6 Å². The Hall–Kier alpha value is -0.930. The van der Waals surface area contributed by atoms with E-state index in [1.807, 2.05) is 0 Å². The summed E-state index contributed by atoms with van der Waals surface area (Å²) in [6, 6.07) is 3.36. The lowest BCUT2D eigenvalue weighted by molar-refractivity contribution is 0.286. The van der Waals surface area contributed by atoms with Crippen LogP contribution in [0.4, 0.5) is 0 Å². The fourth-order valence-electron chi connectivity index (χ4n) is 2.56. The van der Waals surface area contributed by atoms with Crippen LogP contribution in [0.3, 0.4) is 0 Å². The van der Waals surface area contributed by atoms with Crippen molar-refractivity contribution in [3.05, 3.63) is 22.7 Å². The molecule has 4 heteroatoms. The minimum Gasteiger partial charge on any atom is -0.504 e. The van der Waals surface area contributed by atoms with Crippen LogP contribution in [0.2, 0.25) is 5.02 Å². The van der Waals surface area contributed by atoms with Gasteiger partial charge in [0, 0.05) is 22.2 Å². The molecule has 2 rings (SSSR count). The zero-order valence-corrected chi connectivity index (χ0v) is 10.8. The third kappa shape index (κ3) is 2.35. The first-order valence-electron chi connectivity index (χ1n) is 5.93. The summed E-state index contributed by atoms with van der Waals surface area (Å²) in [7, 11) is 1.51. The molecule has 1 saturated carbocycles. The number of aromatic hydroxyl groups is 1. The second-order valence-corrected chi connectivity index (χ2v) is 5.16. The molecule has 1 fully saturated rings. The predicted molar refractivity (Wildman–Crippen MR) is 68.6 cm³/mol. The number of halogens is 1. The molecule has 94 valence electrons. The van der Waals surface area contributed by atoms with Gasteiger partial charge in [-0.3, -0.25) is 0 Å². The Labute approximate surface area is 107 Å². The van der Waals surface area contributed by atoms with Crippen LogP contribution in [-0.2, 0) is 5.54 Å². The molecule has 0 atom stereocenters. The second-order valence-electron chi connectivity index (χ2n) is 4.72. The number of benzene rings is 1. The quantitative estimate of drug-likeness (QED) is 0.853. The van der Waals surface area contributed by atoms with Crippen molar-refractivity contribution < 1.29 is 9.84 Å². The Bertz CT molecular complexity index is 414. The predicted octanol–water partition coefficient (Wildman–Crippen LogP) is 3.17. The first kappa shape index (κ1) is 12.5. The summed E-state index contributed by atoms with van der Waals surface area (Å²) in [5.41, 5.74) is 6.64. The summed E-state index contributed by atoms with van der Waals surface area (Å²) < 4.78 is 5.11. The van der Waals surface area contributed by atoms with E-state index in [4.69, 9.17) is 22.1 Å². The van der Waals surface area contributed by atoms with Crippen molar-refractivity contribution in [1.29, 1.82) is 0 Å². The molecule has 0 bridgehead atoms. The number of nitrogens with two attached hydrogens (primary N) is 1. The molecule has 0 heterocycles. The summed E-state index contributed by atoms with van der Waals surface area (Å²) in [4.78, 5) is 0. The normalized spacial score (nSPS) is 19.0. The molecular formula is C13H18ClNO2. The lowest BCUT2D eigenvalue weighted by Gasteiger charge is -2.34. The summed E-state index contributed by atoms with van der Waals surface area (Å²) in [6.07, 6.45) is 5.14. The molecule has 1 aliphatic rings. The molecule has 1 aliphatic carbocycles. The van der Waals surface area contributed by atoms with Crippen LogP contribution >= 0.6 is 11.6 Å². The van der Waals surface area contributed by atoms with Crippen molar-refractivity contribution in [3.8, 4) is 11.5 Å². The van der Waals surface area contributed by atoms with E-state index >= 15 is 0 Å². The Kier molecular flexibility index (Phi) is 3.50. The molecule has 0 aliphatic heterocycles. The van der Waals surface area contributed by atoms with Crippen LogP contribution in [0, 0.1) is 0 Å². The van der Waals surface area contributed by atoms with E-state index in [1.165, 1.54) is 13.5 Å². The lowest BCUT2D eigenvalue weighted by Crippen LogP contribution is -2.38. The van der Waals surface area contributed by atoms with Gasteiger partial charge in [0.15, 0.2) is 11.5 Å². The Balaban J connectivity index is 2.46. The smallest absolute Gasteiger partial charge is 0.162 e. The van der Waals surface area contributed by atoms with E-state index in [2.05, 4.69) is 0 Å². The standard InChI is InChI=1S/C13H18ClNO2/c1-17-11-8-9(14)7-10(12(11)16)13(15)5-3-2-4-6-13/h7-8,16H,2-6,15H2,1H3. The minimum atomic E-state index is -0.472. The molecule has 0 saturated heterocycles. The van der Waals surface area contributed by atoms with E-state index in [0.29, 0.717) is 16.3 Å². The van der Waals surface area contributed by atoms with Gasteiger partial charge in [0.2, 0.25) is 0 Å². The molecule has 1 aromatic carbocycles. The molecule has 1 aromatic rings. The maximum atomic E-state index is 10.2. The highest BCUT2D eigenvalue weighted by Crippen LogP contribution is 2.44. The number of rotatable bonds is 2. The van der Waals surface area contributed by atoms with Crippen molar-refractivity contribution in [2.75, 3.05) is 7.11 Å². The third-order valence-electron chi connectivity index (χ3n) is 3.54. The third-order valence-corrected chi connectivity index (χ3v) is 3.76. The zero-order chi connectivity index (χ0) is 12.5. The van der Waals surface area contributed by atoms with E-state index < -0.39 is 5.54 Å². The lowest BCUT2D eigenvalue weighted by atomic mass is 9.77. The summed E-state index contributed by atoms with van der Waals surface area (Å²) in [5.74, 6) is 0.518. The maximum Gasteiger partial charge on any atom is 0.162 e. The Morgan fingerprint density at radius 1 is 1.29 bits per heavy atom. The molecule has 0 unspecified atom stereocenters. The first-order chi connectivity index (χ1) is 8.07. The van der Waals surface area contributed by atoms with Gasteiger partial charge in [-0.05, 0) is 18.9 Å². The molecule has 3 nitrogen and oxygen atoms in total. The van der Waals surface area contributed by atoms with Gasteiger partial charge in [-0.1, -0.05) is 30.9 Å². The Morgan fingerprint density at radius 3 is 2.53 bits per heavy atom. The van der Waals surface area contributed by atoms with E-state index in [-0.39, 0.29) is 5.75 Å². The Morgan fingerprint density at radius 2 is 1.94 bits per heavy atom. The summed E-state index contributed by atoms with van der Waals surface area (Å²) >= 11 is 6.04. The van der Waals surface area contributed by atoms with Crippen LogP contribution in [0.25, 0.3) is 0 Å². The van der Waals surface area contributed by atoms with Crippen molar-refractivity contribution in [1.82, 2.24) is 0 Å². The van der Waals surface area contributed by atoms with Gasteiger partial charge in [0.05, 0.1) is 7.11 Å². The van der Waals surface area contributed by atoms with Crippen molar-refractivity contribution in [2.24, 2.45) is 5.73 Å². The summed E-state index contributed by atoms with van der Waals surface area (Å²) in [6.45, 7) is 0. The SMILES string of the molecule is COc1cc(Cl)cc(C2(N)CCCCC2)c1O. The molecule has 0 spiro atoms. The fourth-order valence-corrected chi connectivity index (χ4v) is 2.77. The summed E-state index contributed by atoms with van der Waals surface area (Å²) in [5, 5.41) is 10.7. The van der Waals surface area contributed by atoms with Gasteiger partial charge >= 0.3 is 0 Å². The van der Waals surface area contributed by atoms with Crippen molar-refractivity contribution in [3.63, 3.8) is 0 Å². The van der Waals surface area contributed by atoms with Crippen LogP contribution in [0.15, 0.2) is 12.1 Å². The molecule has 0 amide bonds. The highest BCUT2D eigenvalue weighted by atomic mass is 35.5. The average molecular weight is 256 g/mol. The van der Waals surface area contributed by atoms with Gasteiger partial charge in [-0.2, -0.15) is 0 Å². The highest BCUT2D eigenvalue weighted by molar-refractivity contribution is 6.30. The molecule has 0 aromatic heterocycles. The van der Waals surface area contributed by atoms with Crippen LogP contribution < -0.4 is 10.5 Å². The van der Waals surface area contributed by atoms with Crippen molar-refractivity contribution >= 4 is 11.6 Å². The van der Waals surface area contributed by atoms with Crippen LogP contribution in [0.1, 0.15) is 37.7 Å². The van der Waals surface area contributed by atoms with E-state index in [9.17, 15) is 5.11 Å². The number of hydrogen-bond donors (Lipinski definition) is 2. The van der Waals surface area contributed by atoms with Gasteiger partial charge in [-0.25, -0.2) is 0 Å². The maximum absolute atomic E-state index is 10.2. The monoisotopic (exact) mass is 255 g/mol. The molecular weight excluding hydrogens is 238 g/mol. The van der Waals surface area contributed by atoms with Gasteiger partial charge in [-0.15, -0.1) is 0 Å². The second kappa shape index (κ2) is 4.75. The molecule has 0 radical (unpaired) electrons. The molecule has 17 heavy (non-hydrogen) atoms. The largest absolute Gasteiger partial charge is 0.504 e. The zero-order valence-electron chi connectivity index (χ0n) is 10.0. The average Bonchev–Trinajstić information content (AvgIpc) is 2.32. The van der Waals surface area contributed by atoms with Gasteiger partial charge in [0.25, 0.3) is 0 Å². The van der Waals surface area contributed by atoms with Gasteiger partial charge in [0.1, 0.15) is 0 Å². The number of hydrogen-bond acceptors (Lipinski definition) is 3. The number of ether oxygens (including phenoxy) is 1. The number of methoxy groups -OCH3 is 1. The number of phenolic OH excluding ortho intramolecular Hbond substituents is 1. The minimum absolute atomic E-state index is 0.126. The highest BCUT2D eigenvalue weighted by Gasteiger charge is 2.33. The van der Waals surface area contributed by atoms with E-state index in [1.54, 1.807) is 12.1 Å². The molecule has 3 N–H and O–H groups in total. The van der Waals surface area contributed by atoms with E-state index in [0.717, 1.165) is 25.7 Å². The van der Waals surface area contributed by atoms with Crippen LogP contribution in [-0.4, -0.2) is 12.2 Å². The van der Waals surface area contributed by atoms with Crippen LogP contribution in [0.5, 0.6) is 11.5 Å².